The van der Waals surface area contributed by atoms with Crippen LogP contribution in [0.3, 0.4) is 0 Å². The van der Waals surface area contributed by atoms with Gasteiger partial charge in [-0.3, -0.25) is 4.79 Å². The van der Waals surface area contributed by atoms with Crippen LogP contribution in [0.1, 0.15) is 20.3 Å². The topological polar surface area (TPSA) is 46.3 Å². The van der Waals surface area contributed by atoms with Crippen molar-refractivity contribution in [3.8, 4) is 0 Å². The van der Waals surface area contributed by atoms with Crippen molar-refractivity contribution in [1.82, 2.24) is 0 Å². The summed E-state index contributed by atoms with van der Waals surface area (Å²) < 4.78 is 12.8. The Morgan fingerprint density at radius 2 is 1.94 bits per heavy atom. The van der Waals surface area contributed by atoms with Crippen molar-refractivity contribution in [2.24, 2.45) is 11.7 Å². The quantitative estimate of drug-likeness (QED) is 0.854. The molecule has 0 aliphatic carbocycles. The van der Waals surface area contributed by atoms with Crippen LogP contribution in [-0.2, 0) is 4.79 Å². The molecule has 17 heavy (non-hydrogen) atoms. The number of halogens is 1. The third-order valence-electron chi connectivity index (χ3n) is 2.48. The predicted octanol–water partition coefficient (Wildman–Crippen LogP) is 2.16. The molecule has 0 bridgehead atoms. The van der Waals surface area contributed by atoms with Gasteiger partial charge in [-0.1, -0.05) is 13.8 Å². The highest BCUT2D eigenvalue weighted by atomic mass is 19.1. The second-order valence-electron chi connectivity index (χ2n) is 4.26. The molecular formula is C13H19FN2O. The molecule has 3 nitrogen and oxygen atoms in total. The van der Waals surface area contributed by atoms with E-state index in [0.29, 0.717) is 13.1 Å². The first kappa shape index (κ1) is 13.6. The number of nitrogens with zero attached hydrogens (tertiary/aromatic N) is 1. The van der Waals surface area contributed by atoms with Gasteiger partial charge >= 0.3 is 0 Å². The third-order valence-corrected chi connectivity index (χ3v) is 2.48. The summed E-state index contributed by atoms with van der Waals surface area (Å²) in [5.41, 5.74) is 6.18. The van der Waals surface area contributed by atoms with Crippen molar-refractivity contribution in [1.29, 1.82) is 0 Å². The van der Waals surface area contributed by atoms with Gasteiger partial charge in [-0.2, -0.15) is 0 Å². The van der Waals surface area contributed by atoms with Gasteiger partial charge in [-0.15, -0.1) is 0 Å². The zero-order chi connectivity index (χ0) is 12.8. The summed E-state index contributed by atoms with van der Waals surface area (Å²) >= 11 is 0. The predicted molar refractivity (Wildman–Crippen MR) is 67.3 cm³/mol. The fraction of sp³-hybridized carbons (Fsp3) is 0.462. The van der Waals surface area contributed by atoms with Crippen molar-refractivity contribution < 1.29 is 9.18 Å². The van der Waals surface area contributed by atoms with Crippen LogP contribution in [0, 0.1) is 11.7 Å². The molecule has 2 N–H and O–H groups in total. The van der Waals surface area contributed by atoms with E-state index in [9.17, 15) is 9.18 Å². The molecule has 0 spiro atoms. The van der Waals surface area contributed by atoms with E-state index in [1.54, 1.807) is 17.0 Å². The van der Waals surface area contributed by atoms with E-state index in [4.69, 9.17) is 5.73 Å². The smallest absolute Gasteiger partial charge is 0.229 e. The van der Waals surface area contributed by atoms with Gasteiger partial charge in [0.1, 0.15) is 5.82 Å². The minimum Gasteiger partial charge on any atom is -0.330 e. The largest absolute Gasteiger partial charge is 0.330 e. The highest BCUT2D eigenvalue weighted by Crippen LogP contribution is 2.17. The number of carbonyl (C=O) groups is 1. The Labute approximate surface area is 101 Å². The SMILES string of the molecule is CC(C)C(=O)N(CCCN)c1ccc(F)cc1. The third kappa shape index (κ3) is 3.82. The maximum atomic E-state index is 12.8. The Hall–Kier alpha value is -1.42. The lowest BCUT2D eigenvalue weighted by Crippen LogP contribution is -2.35. The summed E-state index contributed by atoms with van der Waals surface area (Å²) in [6.07, 6.45) is 0.732. The molecule has 1 aromatic carbocycles. The molecule has 1 amide bonds. The summed E-state index contributed by atoms with van der Waals surface area (Å²) in [6, 6.07) is 5.95. The number of nitrogens with two attached hydrogens (primary N) is 1. The maximum absolute atomic E-state index is 12.8. The number of benzene rings is 1. The molecule has 0 heterocycles. The maximum Gasteiger partial charge on any atom is 0.229 e. The fourth-order valence-corrected chi connectivity index (χ4v) is 1.55. The monoisotopic (exact) mass is 238 g/mol. The van der Waals surface area contributed by atoms with E-state index in [2.05, 4.69) is 0 Å². The fourth-order valence-electron chi connectivity index (χ4n) is 1.55. The lowest BCUT2D eigenvalue weighted by molar-refractivity contribution is -0.121. The van der Waals surface area contributed by atoms with E-state index in [0.717, 1.165) is 12.1 Å². The minimum atomic E-state index is -0.301. The second-order valence-corrected chi connectivity index (χ2v) is 4.26. The van der Waals surface area contributed by atoms with Crippen molar-refractivity contribution in [3.05, 3.63) is 30.1 Å². The van der Waals surface area contributed by atoms with Crippen molar-refractivity contribution in [2.45, 2.75) is 20.3 Å². The van der Waals surface area contributed by atoms with Gasteiger partial charge in [0.05, 0.1) is 0 Å². The van der Waals surface area contributed by atoms with Gasteiger partial charge in [0, 0.05) is 18.2 Å². The zero-order valence-corrected chi connectivity index (χ0v) is 10.3. The van der Waals surface area contributed by atoms with Gasteiger partial charge in [-0.25, -0.2) is 4.39 Å². The summed E-state index contributed by atoms with van der Waals surface area (Å²) in [4.78, 5) is 13.7. The molecule has 0 saturated heterocycles. The molecule has 0 aromatic heterocycles. The number of carbonyl (C=O) groups excluding carboxylic acids is 1. The van der Waals surface area contributed by atoms with Gasteiger partial charge in [0.25, 0.3) is 0 Å². The van der Waals surface area contributed by atoms with Gasteiger partial charge in [-0.05, 0) is 37.2 Å². The van der Waals surface area contributed by atoms with Gasteiger partial charge in [0.2, 0.25) is 5.91 Å². The van der Waals surface area contributed by atoms with Crippen LogP contribution < -0.4 is 10.6 Å². The van der Waals surface area contributed by atoms with Gasteiger partial charge in [0.15, 0.2) is 0 Å². The standard InChI is InChI=1S/C13H19FN2O/c1-10(2)13(17)16(9-3-8-15)12-6-4-11(14)5-7-12/h4-7,10H,3,8-9,15H2,1-2H3. The summed E-state index contributed by atoms with van der Waals surface area (Å²) in [6.45, 7) is 4.80. The number of hydrogen-bond donors (Lipinski definition) is 1. The number of hydrogen-bond acceptors (Lipinski definition) is 2. The molecule has 1 rings (SSSR count). The molecule has 0 atom stereocenters. The van der Waals surface area contributed by atoms with Crippen LogP contribution in [0.2, 0.25) is 0 Å². The molecule has 0 fully saturated rings. The Balaban J connectivity index is 2.89. The summed E-state index contributed by atoms with van der Waals surface area (Å²) in [5, 5.41) is 0. The van der Waals surface area contributed by atoms with Crippen LogP contribution in [0.4, 0.5) is 10.1 Å². The normalized spacial score (nSPS) is 10.6. The van der Waals surface area contributed by atoms with E-state index < -0.39 is 0 Å². The van der Waals surface area contributed by atoms with Crippen LogP contribution >= 0.6 is 0 Å². The second kappa shape index (κ2) is 6.35. The highest BCUT2D eigenvalue weighted by Gasteiger charge is 2.18. The van der Waals surface area contributed by atoms with E-state index in [-0.39, 0.29) is 17.6 Å². The van der Waals surface area contributed by atoms with E-state index >= 15 is 0 Å². The molecule has 0 saturated carbocycles. The van der Waals surface area contributed by atoms with Crippen molar-refractivity contribution >= 4 is 11.6 Å². The zero-order valence-electron chi connectivity index (χ0n) is 10.3. The Morgan fingerprint density at radius 3 is 2.41 bits per heavy atom. The highest BCUT2D eigenvalue weighted by molar-refractivity contribution is 5.94. The number of anilines is 1. The molecular weight excluding hydrogens is 219 g/mol. The van der Waals surface area contributed by atoms with Gasteiger partial charge < -0.3 is 10.6 Å². The molecule has 0 aliphatic heterocycles. The van der Waals surface area contributed by atoms with Crippen LogP contribution in [0.15, 0.2) is 24.3 Å². The lowest BCUT2D eigenvalue weighted by Gasteiger charge is -2.24. The molecule has 1 aromatic rings. The van der Waals surface area contributed by atoms with E-state index in [1.807, 2.05) is 13.8 Å². The molecule has 4 heteroatoms. The van der Waals surface area contributed by atoms with Crippen molar-refractivity contribution in [3.63, 3.8) is 0 Å². The first-order valence-electron chi connectivity index (χ1n) is 5.83. The summed E-state index contributed by atoms with van der Waals surface area (Å²) in [7, 11) is 0. The van der Waals surface area contributed by atoms with Crippen LogP contribution in [-0.4, -0.2) is 19.0 Å². The molecule has 0 radical (unpaired) electrons. The molecule has 94 valence electrons. The van der Waals surface area contributed by atoms with Crippen LogP contribution in [0.5, 0.6) is 0 Å². The Morgan fingerprint density at radius 1 is 1.35 bits per heavy atom. The lowest BCUT2D eigenvalue weighted by atomic mass is 10.1. The minimum absolute atomic E-state index is 0.0325. The van der Waals surface area contributed by atoms with E-state index in [1.165, 1.54) is 12.1 Å². The summed E-state index contributed by atoms with van der Waals surface area (Å²) in [5.74, 6) is -0.354. The van der Waals surface area contributed by atoms with Crippen LogP contribution in [0.25, 0.3) is 0 Å². The Bertz CT molecular complexity index is 362. The number of amides is 1. The molecule has 0 aliphatic rings. The Kier molecular flexibility index (Phi) is 5.10. The average Bonchev–Trinajstić information content (AvgIpc) is 2.31. The molecule has 0 unspecified atom stereocenters. The number of rotatable bonds is 5. The average molecular weight is 238 g/mol. The van der Waals surface area contributed by atoms with Crippen molar-refractivity contribution in [2.75, 3.05) is 18.0 Å². The first-order chi connectivity index (χ1) is 8.06. The first-order valence-corrected chi connectivity index (χ1v) is 5.83.